The lowest BCUT2D eigenvalue weighted by Crippen LogP contribution is -2.32. The molecule has 0 N–H and O–H groups in total. The van der Waals surface area contributed by atoms with Gasteiger partial charge in [-0.25, -0.2) is 4.98 Å². The van der Waals surface area contributed by atoms with Crippen molar-refractivity contribution in [1.29, 1.82) is 0 Å². The van der Waals surface area contributed by atoms with Crippen molar-refractivity contribution in [3.05, 3.63) is 76.9 Å². The minimum atomic E-state index is -2.27. The van der Waals surface area contributed by atoms with Crippen molar-refractivity contribution in [1.82, 2.24) is 9.55 Å². The first-order chi connectivity index (χ1) is 15.9. The molecule has 0 bridgehead atoms. The third-order valence-corrected chi connectivity index (χ3v) is 5.88. The van der Waals surface area contributed by atoms with Gasteiger partial charge < -0.3 is 4.57 Å². The molecule has 4 aromatic rings. The highest BCUT2D eigenvalue weighted by atomic mass is 15.1. The fraction of sp³-hybridized carbons (Fsp3) is 0.308. The van der Waals surface area contributed by atoms with E-state index in [1.165, 1.54) is 0 Å². The number of nitrogens with zero attached hydrogens (tertiary/aromatic N) is 3. The fourth-order valence-electron chi connectivity index (χ4n) is 4.47. The summed E-state index contributed by atoms with van der Waals surface area (Å²) in [4.78, 5) is 4.41. The maximum Gasteiger partial charge on any atom is 0.213 e. The predicted octanol–water partition coefficient (Wildman–Crippen LogP) is 5.24. The Labute approximate surface area is 179 Å². The molecule has 0 spiro atoms. The van der Waals surface area contributed by atoms with E-state index in [-0.39, 0.29) is 5.92 Å². The average molecular weight is 388 g/mol. The largest absolute Gasteiger partial charge is 0.303 e. The second-order valence-electron chi connectivity index (χ2n) is 8.14. The lowest BCUT2D eigenvalue weighted by Gasteiger charge is -2.15. The average Bonchev–Trinajstić information content (AvgIpc) is 3.34. The molecule has 3 nitrogen and oxygen atoms in total. The van der Waals surface area contributed by atoms with Crippen molar-refractivity contribution >= 4 is 10.9 Å². The molecular formula is C26H28N3+. The number of aryl methyl sites for hydroxylation is 1. The number of hydrogen-bond acceptors (Lipinski definition) is 1. The second kappa shape index (κ2) is 6.55. The Hall–Kier alpha value is -2.94. The molecule has 146 valence electrons. The summed E-state index contributed by atoms with van der Waals surface area (Å²) in [6.07, 6.45) is 2.67. The molecule has 3 heterocycles. The van der Waals surface area contributed by atoms with Crippen LogP contribution in [0.5, 0.6) is 0 Å². The third kappa shape index (κ3) is 2.71. The van der Waals surface area contributed by atoms with Crippen molar-refractivity contribution < 1.29 is 11.4 Å². The Bertz CT molecular complexity index is 1450. The summed E-state index contributed by atoms with van der Waals surface area (Å²) in [5.74, 6) is 0.677. The van der Waals surface area contributed by atoms with E-state index >= 15 is 0 Å². The standard InChI is InChI=1S/C26H28N3/c1-16(2)13-19-7-6-8-23-21(19)9-10-24(28(23)5)22-14-20-15-25-27-11-12-29(25)26(20)18(4)17(22)3/h6-12,14,16H,13,15H2,1-5H3/q+1/i4D3,13D2. The van der Waals surface area contributed by atoms with E-state index in [4.69, 9.17) is 6.85 Å². The van der Waals surface area contributed by atoms with Gasteiger partial charge >= 0.3 is 0 Å². The summed E-state index contributed by atoms with van der Waals surface area (Å²) in [6.45, 7) is 3.39. The Balaban J connectivity index is 1.77. The van der Waals surface area contributed by atoms with E-state index in [1.54, 1.807) is 6.20 Å². The van der Waals surface area contributed by atoms with Gasteiger partial charge in [0.05, 0.1) is 5.69 Å². The Morgan fingerprint density at radius 3 is 2.90 bits per heavy atom. The molecule has 0 saturated carbocycles. The summed E-state index contributed by atoms with van der Waals surface area (Å²) in [7, 11) is 1.96. The van der Waals surface area contributed by atoms with E-state index in [9.17, 15) is 0 Å². The fourth-order valence-corrected chi connectivity index (χ4v) is 4.47. The van der Waals surface area contributed by atoms with Crippen LogP contribution in [0.3, 0.4) is 0 Å². The van der Waals surface area contributed by atoms with Gasteiger partial charge in [0.25, 0.3) is 0 Å². The van der Waals surface area contributed by atoms with Gasteiger partial charge in [0.15, 0.2) is 0 Å². The van der Waals surface area contributed by atoms with E-state index < -0.39 is 13.2 Å². The minimum absolute atomic E-state index is 0.171. The molecule has 0 fully saturated rings. The van der Waals surface area contributed by atoms with Crippen LogP contribution in [0.2, 0.25) is 0 Å². The van der Waals surface area contributed by atoms with Crippen LogP contribution >= 0.6 is 0 Å². The number of pyridine rings is 1. The number of fused-ring (bicyclic) bond motifs is 4. The van der Waals surface area contributed by atoms with Crippen LogP contribution < -0.4 is 4.57 Å². The number of benzene rings is 2. The Morgan fingerprint density at radius 2 is 2.10 bits per heavy atom. The lowest BCUT2D eigenvalue weighted by molar-refractivity contribution is -0.633. The highest BCUT2D eigenvalue weighted by Crippen LogP contribution is 2.36. The maximum atomic E-state index is 8.64. The molecule has 2 aromatic heterocycles. The Morgan fingerprint density at radius 1 is 1.24 bits per heavy atom. The molecule has 0 radical (unpaired) electrons. The van der Waals surface area contributed by atoms with Gasteiger partial charge in [-0.2, -0.15) is 4.57 Å². The van der Waals surface area contributed by atoms with Crippen LogP contribution in [0.4, 0.5) is 0 Å². The van der Waals surface area contributed by atoms with Gasteiger partial charge in [-0.05, 0) is 60.5 Å². The summed E-state index contributed by atoms with van der Waals surface area (Å²) in [5.41, 5.74) is 6.11. The molecule has 1 aliphatic rings. The van der Waals surface area contributed by atoms with Crippen LogP contribution in [-0.4, -0.2) is 9.55 Å². The summed E-state index contributed by atoms with van der Waals surface area (Å²) in [5, 5.41) is 0.863. The maximum absolute atomic E-state index is 8.64. The first-order valence-corrected chi connectivity index (χ1v) is 10.0. The van der Waals surface area contributed by atoms with E-state index in [1.807, 2.05) is 73.5 Å². The van der Waals surface area contributed by atoms with E-state index in [0.29, 0.717) is 17.5 Å². The zero-order valence-corrected chi connectivity index (χ0v) is 17.2. The third-order valence-electron chi connectivity index (χ3n) is 5.88. The van der Waals surface area contributed by atoms with Gasteiger partial charge in [0.2, 0.25) is 11.2 Å². The molecule has 0 atom stereocenters. The summed E-state index contributed by atoms with van der Waals surface area (Å²) in [6, 6.07) is 11.8. The summed E-state index contributed by atoms with van der Waals surface area (Å²) >= 11 is 0. The van der Waals surface area contributed by atoms with Gasteiger partial charge in [-0.15, -0.1) is 0 Å². The Kier molecular flexibility index (Phi) is 3.01. The first-order valence-electron chi connectivity index (χ1n) is 12.5. The normalized spacial score (nSPS) is 16.1. The van der Waals surface area contributed by atoms with Crippen molar-refractivity contribution in [3.63, 3.8) is 0 Å². The van der Waals surface area contributed by atoms with Crippen LogP contribution in [0.1, 0.15) is 48.8 Å². The number of imidazole rings is 1. The highest BCUT2D eigenvalue weighted by molar-refractivity contribution is 5.82. The molecule has 1 aliphatic heterocycles. The van der Waals surface area contributed by atoms with Gasteiger partial charge in [0.1, 0.15) is 12.9 Å². The first kappa shape index (κ1) is 13.3. The van der Waals surface area contributed by atoms with Crippen LogP contribution in [-0.2, 0) is 19.8 Å². The molecule has 0 unspecified atom stereocenters. The predicted molar refractivity (Wildman–Crippen MR) is 119 cm³/mol. The number of hydrogen-bond donors (Lipinski definition) is 0. The van der Waals surface area contributed by atoms with Gasteiger partial charge in [0, 0.05) is 48.8 Å². The molecule has 3 heteroatoms. The van der Waals surface area contributed by atoms with Crippen LogP contribution in [0, 0.1) is 19.7 Å². The number of rotatable bonds is 3. The summed E-state index contributed by atoms with van der Waals surface area (Å²) < 4.78 is 46.2. The SMILES string of the molecule is [2H]C([2H])([2H])c1c(C)c(-c2ccc3c(C([2H])([2H])C(C)C)cccc3[n+]2C)cc2c1-n1ccnc1C2. The van der Waals surface area contributed by atoms with E-state index in [0.717, 1.165) is 44.8 Å². The van der Waals surface area contributed by atoms with Crippen LogP contribution in [0.25, 0.3) is 27.8 Å². The molecule has 29 heavy (non-hydrogen) atoms. The monoisotopic (exact) mass is 387 g/mol. The molecule has 0 amide bonds. The molecule has 0 aliphatic carbocycles. The topological polar surface area (TPSA) is 21.7 Å². The molecule has 2 aromatic carbocycles. The van der Waals surface area contributed by atoms with Crippen LogP contribution in [0.15, 0.2) is 48.8 Å². The van der Waals surface area contributed by atoms with Gasteiger partial charge in [-0.3, -0.25) is 0 Å². The van der Waals surface area contributed by atoms with Gasteiger partial charge in [-0.1, -0.05) is 26.0 Å². The zero-order chi connectivity index (χ0) is 24.6. The lowest BCUT2D eigenvalue weighted by atomic mass is 9.93. The molecule has 0 saturated heterocycles. The van der Waals surface area contributed by atoms with Crippen molar-refractivity contribution in [2.24, 2.45) is 13.0 Å². The zero-order valence-electron chi connectivity index (χ0n) is 22.2. The smallest absolute Gasteiger partial charge is 0.213 e. The van der Waals surface area contributed by atoms with E-state index in [2.05, 4.69) is 11.1 Å². The van der Waals surface area contributed by atoms with Crippen molar-refractivity contribution in [3.8, 4) is 16.9 Å². The number of aromatic nitrogens is 3. The van der Waals surface area contributed by atoms with Crippen molar-refractivity contribution in [2.45, 2.75) is 40.4 Å². The second-order valence-corrected chi connectivity index (χ2v) is 8.14. The molecule has 5 rings (SSSR count). The quantitative estimate of drug-likeness (QED) is 0.388. The van der Waals surface area contributed by atoms with Crippen molar-refractivity contribution in [2.75, 3.05) is 0 Å². The highest BCUT2D eigenvalue weighted by Gasteiger charge is 2.26. The molecular weight excluding hydrogens is 354 g/mol. The minimum Gasteiger partial charge on any atom is -0.303 e.